The van der Waals surface area contributed by atoms with Crippen LogP contribution in [0.4, 0.5) is 0 Å². The van der Waals surface area contributed by atoms with E-state index in [2.05, 4.69) is 19.2 Å². The smallest absolute Gasteiger partial charge is 0.00979 e. The van der Waals surface area contributed by atoms with Crippen molar-refractivity contribution in [3.8, 4) is 0 Å². The van der Waals surface area contributed by atoms with Crippen LogP contribution in [0.1, 0.15) is 58.8 Å². The summed E-state index contributed by atoms with van der Waals surface area (Å²) >= 11 is 0. The minimum Gasteiger partial charge on any atom is -0.314 e. The van der Waals surface area contributed by atoms with Crippen molar-refractivity contribution in [1.29, 1.82) is 0 Å². The molecule has 0 aliphatic heterocycles. The van der Waals surface area contributed by atoms with Crippen molar-refractivity contribution in [2.45, 2.75) is 64.8 Å². The summed E-state index contributed by atoms with van der Waals surface area (Å²) in [6, 6.07) is 0.822. The number of rotatable bonds is 7. The van der Waals surface area contributed by atoms with Crippen molar-refractivity contribution in [3.63, 3.8) is 0 Å². The van der Waals surface area contributed by atoms with E-state index in [4.69, 9.17) is 0 Å². The van der Waals surface area contributed by atoms with Crippen LogP contribution in [0.25, 0.3) is 0 Å². The van der Waals surface area contributed by atoms with Gasteiger partial charge in [-0.3, -0.25) is 0 Å². The molecule has 2 aliphatic carbocycles. The second-order valence-electron chi connectivity index (χ2n) is 5.79. The maximum Gasteiger partial charge on any atom is 0.00979 e. The predicted molar refractivity (Wildman–Crippen MR) is 65.9 cm³/mol. The highest BCUT2D eigenvalue weighted by Gasteiger charge is 2.34. The van der Waals surface area contributed by atoms with Crippen LogP contribution in [0.15, 0.2) is 0 Å². The van der Waals surface area contributed by atoms with E-state index >= 15 is 0 Å². The lowest BCUT2D eigenvalue weighted by Gasteiger charge is -2.33. The van der Waals surface area contributed by atoms with Gasteiger partial charge in [0.15, 0.2) is 0 Å². The highest BCUT2D eigenvalue weighted by Crippen LogP contribution is 2.41. The largest absolute Gasteiger partial charge is 0.314 e. The van der Waals surface area contributed by atoms with Crippen LogP contribution in [0.5, 0.6) is 0 Å². The van der Waals surface area contributed by atoms with Gasteiger partial charge in [-0.2, -0.15) is 0 Å². The first-order chi connectivity index (χ1) is 7.31. The minimum atomic E-state index is 0.822. The van der Waals surface area contributed by atoms with Crippen LogP contribution in [-0.2, 0) is 0 Å². The molecule has 2 aliphatic rings. The first kappa shape index (κ1) is 11.4. The van der Waals surface area contributed by atoms with E-state index in [-0.39, 0.29) is 0 Å². The normalized spacial score (nSPS) is 26.0. The lowest BCUT2D eigenvalue weighted by atomic mass is 9.77. The van der Waals surface area contributed by atoms with Crippen molar-refractivity contribution in [2.24, 2.45) is 17.8 Å². The molecular formula is C14H27N. The Morgan fingerprint density at radius 1 is 1.20 bits per heavy atom. The number of hydrogen-bond donors (Lipinski definition) is 1. The Bertz CT molecular complexity index is 182. The molecule has 0 aromatic rings. The molecule has 1 nitrogen and oxygen atoms in total. The Morgan fingerprint density at radius 3 is 2.40 bits per heavy atom. The first-order valence-corrected chi connectivity index (χ1v) is 7.04. The summed E-state index contributed by atoms with van der Waals surface area (Å²) in [6.07, 6.45) is 10.2. The molecule has 2 atom stereocenters. The van der Waals surface area contributed by atoms with Gasteiger partial charge in [0.05, 0.1) is 0 Å². The molecule has 0 amide bonds. The van der Waals surface area contributed by atoms with Gasteiger partial charge in [-0.25, -0.2) is 0 Å². The first-order valence-electron chi connectivity index (χ1n) is 7.04. The second-order valence-corrected chi connectivity index (χ2v) is 5.79. The third kappa shape index (κ3) is 3.21. The average molecular weight is 209 g/mol. The second kappa shape index (κ2) is 5.34. The summed E-state index contributed by atoms with van der Waals surface area (Å²) in [5, 5.41) is 3.79. The fourth-order valence-electron chi connectivity index (χ4n) is 2.85. The van der Waals surface area contributed by atoms with E-state index in [0.717, 1.165) is 23.8 Å². The summed E-state index contributed by atoms with van der Waals surface area (Å²) in [7, 11) is 0. The van der Waals surface area contributed by atoms with Gasteiger partial charge in [0.2, 0.25) is 0 Å². The summed E-state index contributed by atoms with van der Waals surface area (Å²) in [5.41, 5.74) is 0. The van der Waals surface area contributed by atoms with Gasteiger partial charge in [-0.05, 0) is 50.0 Å². The van der Waals surface area contributed by atoms with Crippen molar-refractivity contribution in [2.75, 3.05) is 6.54 Å². The van der Waals surface area contributed by atoms with Crippen molar-refractivity contribution >= 4 is 0 Å². The van der Waals surface area contributed by atoms with Gasteiger partial charge in [0.1, 0.15) is 0 Å². The quantitative estimate of drug-likeness (QED) is 0.675. The molecule has 88 valence electrons. The molecule has 0 aromatic heterocycles. The summed E-state index contributed by atoms with van der Waals surface area (Å²) < 4.78 is 0. The number of nitrogens with one attached hydrogen (secondary N) is 1. The molecule has 0 aromatic carbocycles. The number of hydrogen-bond acceptors (Lipinski definition) is 1. The zero-order valence-corrected chi connectivity index (χ0v) is 10.5. The zero-order valence-electron chi connectivity index (χ0n) is 10.5. The molecule has 0 bridgehead atoms. The molecule has 1 heteroatoms. The Labute approximate surface area is 95.0 Å². The molecule has 2 saturated carbocycles. The molecule has 2 fully saturated rings. The van der Waals surface area contributed by atoms with Gasteiger partial charge in [0, 0.05) is 6.04 Å². The summed E-state index contributed by atoms with van der Waals surface area (Å²) in [6.45, 7) is 5.97. The van der Waals surface area contributed by atoms with Gasteiger partial charge in [-0.1, -0.05) is 33.1 Å². The highest BCUT2D eigenvalue weighted by molar-refractivity contribution is 4.88. The van der Waals surface area contributed by atoms with Crippen LogP contribution in [0.2, 0.25) is 0 Å². The lowest BCUT2D eigenvalue weighted by Crippen LogP contribution is -2.39. The third-order valence-corrected chi connectivity index (χ3v) is 4.47. The van der Waals surface area contributed by atoms with Gasteiger partial charge in [-0.15, -0.1) is 0 Å². The van der Waals surface area contributed by atoms with E-state index in [9.17, 15) is 0 Å². The molecule has 15 heavy (non-hydrogen) atoms. The predicted octanol–water partition coefficient (Wildman–Crippen LogP) is 3.59. The van der Waals surface area contributed by atoms with Crippen LogP contribution in [0.3, 0.4) is 0 Å². The summed E-state index contributed by atoms with van der Waals surface area (Å²) in [5.74, 6) is 3.04. The lowest BCUT2D eigenvalue weighted by molar-refractivity contribution is 0.218. The molecule has 0 spiro atoms. The molecule has 0 saturated heterocycles. The van der Waals surface area contributed by atoms with Crippen molar-refractivity contribution in [3.05, 3.63) is 0 Å². The SMILES string of the molecule is CCCNC(CC1CCC1)C(C)C1CC1. The molecule has 0 radical (unpaired) electrons. The van der Waals surface area contributed by atoms with E-state index in [1.165, 1.54) is 51.5 Å². The van der Waals surface area contributed by atoms with Crippen molar-refractivity contribution in [1.82, 2.24) is 5.32 Å². The van der Waals surface area contributed by atoms with E-state index in [1.807, 2.05) is 0 Å². The van der Waals surface area contributed by atoms with E-state index < -0.39 is 0 Å². The van der Waals surface area contributed by atoms with Crippen LogP contribution in [-0.4, -0.2) is 12.6 Å². The minimum absolute atomic E-state index is 0.822. The van der Waals surface area contributed by atoms with Crippen molar-refractivity contribution < 1.29 is 0 Å². The molecule has 2 rings (SSSR count). The maximum absolute atomic E-state index is 3.79. The molecule has 2 unspecified atom stereocenters. The Kier molecular flexibility index (Phi) is 4.07. The maximum atomic E-state index is 3.79. The van der Waals surface area contributed by atoms with Crippen LogP contribution in [0, 0.1) is 17.8 Å². The molecule has 1 N–H and O–H groups in total. The standard InChI is InChI=1S/C14H27N/c1-3-9-15-14(10-12-5-4-6-12)11(2)13-7-8-13/h11-15H,3-10H2,1-2H3. The topological polar surface area (TPSA) is 12.0 Å². The van der Waals surface area contributed by atoms with Crippen LogP contribution >= 0.6 is 0 Å². The van der Waals surface area contributed by atoms with E-state index in [1.54, 1.807) is 0 Å². The van der Waals surface area contributed by atoms with Gasteiger partial charge < -0.3 is 5.32 Å². The highest BCUT2D eigenvalue weighted by atomic mass is 14.9. The monoisotopic (exact) mass is 209 g/mol. The Balaban J connectivity index is 1.76. The van der Waals surface area contributed by atoms with Gasteiger partial charge in [0.25, 0.3) is 0 Å². The third-order valence-electron chi connectivity index (χ3n) is 4.47. The zero-order chi connectivity index (χ0) is 10.7. The van der Waals surface area contributed by atoms with E-state index in [0.29, 0.717) is 0 Å². The Morgan fingerprint density at radius 2 is 1.93 bits per heavy atom. The fraction of sp³-hybridized carbons (Fsp3) is 1.00. The Hall–Kier alpha value is -0.0400. The average Bonchev–Trinajstić information content (AvgIpc) is 2.97. The molecular weight excluding hydrogens is 182 g/mol. The summed E-state index contributed by atoms with van der Waals surface area (Å²) in [4.78, 5) is 0. The molecule has 0 heterocycles. The fourth-order valence-corrected chi connectivity index (χ4v) is 2.85. The van der Waals surface area contributed by atoms with Crippen LogP contribution < -0.4 is 5.32 Å². The van der Waals surface area contributed by atoms with Gasteiger partial charge >= 0.3 is 0 Å².